The molecular formula is C88H116Cl4N12O36P4. The van der Waals surface area contributed by atoms with Gasteiger partial charge in [0.05, 0.1) is 50.8 Å². The number of para-hydroxylation sites is 4. The molecule has 4 unspecified atom stereocenters. The highest BCUT2D eigenvalue weighted by Gasteiger charge is 2.59. The first-order valence-corrected chi connectivity index (χ1v) is 52.2. The fraction of sp³-hybridized carbons (Fsp3) is 0.500. The van der Waals surface area contributed by atoms with E-state index < -0.39 is 268 Å². The van der Waals surface area contributed by atoms with E-state index in [1.54, 1.807) is 177 Å². The Morgan fingerprint density at radius 2 is 0.486 bits per heavy atom. The molecular weight excluding hydrogens is 2070 g/mol. The van der Waals surface area contributed by atoms with E-state index in [0.717, 1.165) is 42.5 Å². The van der Waals surface area contributed by atoms with Crippen LogP contribution in [-0.4, -0.2) is 226 Å². The average molecular weight is 2180 g/mol. The number of nitrogens with zero attached hydrogens (tertiary/aromatic N) is 4. The van der Waals surface area contributed by atoms with Gasteiger partial charge in [0, 0.05) is 49.1 Å². The Labute approximate surface area is 842 Å². The number of H-pyrrole nitrogens is 4. The van der Waals surface area contributed by atoms with Crippen LogP contribution in [0.1, 0.15) is 136 Å². The molecule has 12 rings (SSSR count). The van der Waals surface area contributed by atoms with Crippen LogP contribution in [0.3, 0.4) is 0 Å². The van der Waals surface area contributed by atoms with Crippen molar-refractivity contribution in [2.24, 2.45) is 0 Å². The van der Waals surface area contributed by atoms with Gasteiger partial charge in [0.1, 0.15) is 115 Å². The summed E-state index contributed by atoms with van der Waals surface area (Å²) in [5, 5.41) is 53.3. The van der Waals surface area contributed by atoms with Crippen LogP contribution < -0.4 is 83.4 Å². The number of hydrogen-bond acceptors (Lipinski definition) is 36. The summed E-state index contributed by atoms with van der Waals surface area (Å²) in [5.41, 5.74) is -5.59. The number of aliphatic hydroxyl groups is 4. The summed E-state index contributed by atoms with van der Waals surface area (Å²) in [4.78, 5) is 146. The molecule has 56 heteroatoms. The summed E-state index contributed by atoms with van der Waals surface area (Å²) in [7, 11) is -16.9. The number of aliphatic hydroxyl groups excluding tert-OH is 4. The lowest BCUT2D eigenvalue weighted by Crippen LogP contribution is -2.43. The molecule has 24 atom stereocenters. The minimum Gasteiger partial charge on any atom is -0.462 e. The molecule has 0 bridgehead atoms. The zero-order valence-electron chi connectivity index (χ0n) is 80.5. The first kappa shape index (κ1) is 118. The minimum atomic E-state index is -4.22. The third kappa shape index (κ3) is 32.1. The number of hydrogen-bond donors (Lipinski definition) is 12. The Morgan fingerprint density at radius 3 is 0.639 bits per heavy atom. The van der Waals surface area contributed by atoms with Gasteiger partial charge >= 0.3 is 77.6 Å². The van der Waals surface area contributed by atoms with Crippen LogP contribution in [0.4, 0.5) is 0 Å². The van der Waals surface area contributed by atoms with E-state index in [9.17, 15) is 96.2 Å². The van der Waals surface area contributed by atoms with Crippen molar-refractivity contribution in [2.75, 3.05) is 26.4 Å². The number of esters is 4. The molecule has 4 aromatic carbocycles. The molecule has 4 fully saturated rings. The Hall–Kier alpha value is -9.88. The van der Waals surface area contributed by atoms with Crippen LogP contribution in [0.2, 0.25) is 0 Å². The van der Waals surface area contributed by atoms with E-state index in [4.69, 9.17) is 120 Å². The van der Waals surface area contributed by atoms with E-state index in [0.29, 0.717) is 0 Å². The molecule has 4 aliphatic heterocycles. The molecule has 0 radical (unpaired) electrons. The molecule has 792 valence electrons. The molecule has 0 aliphatic carbocycles. The highest BCUT2D eigenvalue weighted by molar-refractivity contribution is 7.53. The third-order valence-electron chi connectivity index (χ3n) is 21.0. The first-order valence-electron chi connectivity index (χ1n) is 44.5. The van der Waals surface area contributed by atoms with Gasteiger partial charge in [-0.15, -0.1) is 46.4 Å². The molecule has 0 spiro atoms. The quantitative estimate of drug-likeness (QED) is 0.00757. The van der Waals surface area contributed by atoms with E-state index in [-0.39, 0.29) is 23.0 Å². The number of rotatable bonds is 40. The number of aromatic nitrogens is 8. The Morgan fingerprint density at radius 1 is 0.319 bits per heavy atom. The van der Waals surface area contributed by atoms with Gasteiger partial charge in [0.25, 0.3) is 22.2 Å². The highest BCUT2D eigenvalue weighted by atomic mass is 35.5. The number of alkyl halides is 4. The topological polar surface area (TPSA) is 633 Å². The zero-order chi connectivity index (χ0) is 107. The fourth-order valence-electron chi connectivity index (χ4n) is 13.9. The lowest BCUT2D eigenvalue weighted by molar-refractivity contribution is -0.150. The zero-order valence-corrected chi connectivity index (χ0v) is 87.1. The summed E-state index contributed by atoms with van der Waals surface area (Å²) in [6.45, 7) is 23.0. The van der Waals surface area contributed by atoms with Crippen LogP contribution in [0, 0.1) is 0 Å². The van der Waals surface area contributed by atoms with Crippen LogP contribution in [0.5, 0.6) is 23.0 Å². The molecule has 12 N–H and O–H groups in total. The van der Waals surface area contributed by atoms with Crippen LogP contribution in [0.15, 0.2) is 209 Å². The monoisotopic (exact) mass is 2180 g/mol. The maximum absolute atomic E-state index is 13.6. The summed E-state index contributed by atoms with van der Waals surface area (Å²) in [6, 6.07) is 32.7. The maximum Gasteiger partial charge on any atom is 0.459 e. The van der Waals surface area contributed by atoms with Crippen LogP contribution in [-0.2, 0) is 93.4 Å². The number of halogens is 4. The smallest absolute Gasteiger partial charge is 0.459 e. The second-order valence-electron chi connectivity index (χ2n) is 34.7. The number of nitrogens with one attached hydrogen (secondary N) is 8. The normalized spacial score (nSPS) is 26.4. The van der Waals surface area contributed by atoms with Gasteiger partial charge in [-0.1, -0.05) is 72.8 Å². The van der Waals surface area contributed by atoms with Crippen molar-refractivity contribution in [2.45, 2.75) is 253 Å². The van der Waals surface area contributed by atoms with Crippen LogP contribution >= 0.6 is 77.4 Å². The van der Waals surface area contributed by atoms with Gasteiger partial charge < -0.3 is 76.4 Å². The SMILES string of the molecule is CC(C)OC(=O)C(C)NP(=O)(OC[C@H]1O[C@@H](n2ccc(=O)[nH]c2=O)[C@](C)(Cl)[C@@H]1O)Oc1ccccc1.CC(C)OC(=O)[C@@H](C)NP(=O)(OC[C@H]1O[C@@H](n2ccc(=O)[nH]c2=O)[C@](C)(Cl)[C@@H]1O)Oc1ccccc1.CC(C)OC(=O)[C@@H](C)N[P@](=O)(OC[C@H]1O[C@@H](n2ccc(=O)[nH]c2=O)[C@](C)(Cl)[C@@H]1O)Oc1ccccc1.CC(C)OC(=O)[C@H](C)NP(=O)(OC[C@H]1O[C@@H](n2ccc(=O)[nH]c2=O)[C@](C)(Cl)[C@@H]1O)Oc1ccccc1. The molecule has 0 amide bonds. The van der Waals surface area contributed by atoms with Gasteiger partial charge in [0.2, 0.25) is 0 Å². The Bertz CT molecular complexity index is 5620. The molecule has 0 saturated carbocycles. The van der Waals surface area contributed by atoms with Crippen molar-refractivity contribution in [1.82, 2.24) is 58.6 Å². The van der Waals surface area contributed by atoms with Crippen molar-refractivity contribution >= 4 is 101 Å². The molecule has 8 heterocycles. The minimum absolute atomic E-state index is 0.200. The van der Waals surface area contributed by atoms with Gasteiger partial charge in [-0.3, -0.25) is 94.7 Å². The summed E-state index contributed by atoms with van der Waals surface area (Å²) in [6.07, 6.45) is -11.7. The van der Waals surface area contributed by atoms with Crippen molar-refractivity contribution < 1.29 is 132 Å². The number of benzene rings is 4. The van der Waals surface area contributed by atoms with Crippen molar-refractivity contribution in [1.29, 1.82) is 0 Å². The largest absolute Gasteiger partial charge is 0.462 e. The summed E-state index contributed by atoms with van der Waals surface area (Å²) in [5.74, 6) is -1.89. The van der Waals surface area contributed by atoms with Gasteiger partial charge in [-0.25, -0.2) is 37.4 Å². The lowest BCUT2D eigenvalue weighted by Gasteiger charge is -2.26. The lowest BCUT2D eigenvalue weighted by atomic mass is 10.0. The van der Waals surface area contributed by atoms with E-state index in [2.05, 4.69) is 40.3 Å². The van der Waals surface area contributed by atoms with E-state index in [1.807, 2.05) is 0 Å². The van der Waals surface area contributed by atoms with Gasteiger partial charge in [-0.2, -0.15) is 20.3 Å². The molecule has 144 heavy (non-hydrogen) atoms. The third-order valence-corrected chi connectivity index (χ3v) is 29.2. The molecule has 8 aromatic rings. The average Bonchev–Trinajstić information content (AvgIpc) is 1.63. The number of carbonyl (C=O) groups excluding carboxylic acids is 4. The van der Waals surface area contributed by atoms with E-state index in [1.165, 1.54) is 80.2 Å². The number of aromatic amines is 4. The Kier molecular flexibility index (Phi) is 41.4. The highest BCUT2D eigenvalue weighted by Crippen LogP contribution is 2.54. The Balaban J connectivity index is 0.000000214. The van der Waals surface area contributed by atoms with E-state index >= 15 is 0 Å². The second-order valence-corrected chi connectivity index (χ2v) is 44.7. The molecule has 48 nitrogen and oxygen atoms in total. The molecule has 4 aromatic heterocycles. The van der Waals surface area contributed by atoms with Crippen molar-refractivity contribution in [3.05, 3.63) is 254 Å². The second kappa shape index (κ2) is 50.7. The van der Waals surface area contributed by atoms with Crippen molar-refractivity contribution in [3.8, 4) is 23.0 Å². The standard InChI is InChI=1S/4C22H29ClN3O9P/c4*1-13(2)33-19(29)14(3)25-36(31,35-15-8-6-5-7-9-15)32-12-16-18(28)22(4,23)20(34-16)26-11-10-17(27)24-21(26)30/h4*5-11,13-14,16,18,20,28H,12H2,1-4H3,(H,25,31)(H,24,27,30)/t14?,16-,18-,20-,22-,36?;14-,16+,18+,20+,22+,36?;14-,16-,18-,20-,22-,36?;14-,16-,18-,20-,22-,36+/m1011/s1. The van der Waals surface area contributed by atoms with Gasteiger partial charge in [-0.05, 0) is 159 Å². The molecule has 4 aliphatic rings. The first-order chi connectivity index (χ1) is 67.3. The predicted octanol–water partition coefficient (Wildman–Crippen LogP) is 7.70. The summed E-state index contributed by atoms with van der Waals surface area (Å²) >= 11 is 26.1. The maximum atomic E-state index is 13.6. The van der Waals surface area contributed by atoms with Gasteiger partial charge in [0.15, 0.2) is 24.9 Å². The molecule has 4 saturated heterocycles. The fourth-order valence-corrected chi connectivity index (χ4v) is 21.1. The summed E-state index contributed by atoms with van der Waals surface area (Å²) < 4.78 is 147. The number of ether oxygens (including phenoxy) is 8. The van der Waals surface area contributed by atoms with Crippen molar-refractivity contribution in [3.63, 3.8) is 0 Å². The predicted molar refractivity (Wildman–Crippen MR) is 520 cm³/mol. The number of carbonyl (C=O) groups is 4. The van der Waals surface area contributed by atoms with Crippen LogP contribution in [0.25, 0.3) is 0 Å².